The maximum Gasteiger partial charge on any atom is 0.226 e. The van der Waals surface area contributed by atoms with E-state index in [4.69, 9.17) is 0 Å². The summed E-state index contributed by atoms with van der Waals surface area (Å²) >= 11 is 0. The Kier molecular flexibility index (Phi) is 5.38. The fourth-order valence-corrected chi connectivity index (χ4v) is 2.10. The van der Waals surface area contributed by atoms with Crippen molar-refractivity contribution in [1.29, 1.82) is 0 Å². The van der Waals surface area contributed by atoms with Crippen molar-refractivity contribution < 1.29 is 4.79 Å². The van der Waals surface area contributed by atoms with Gasteiger partial charge >= 0.3 is 0 Å². The molecule has 2 aromatic rings. The third-order valence-corrected chi connectivity index (χ3v) is 3.46. The third-order valence-electron chi connectivity index (χ3n) is 3.46. The van der Waals surface area contributed by atoms with E-state index in [1.807, 2.05) is 31.2 Å². The fourth-order valence-electron chi connectivity index (χ4n) is 2.10. The van der Waals surface area contributed by atoms with Crippen LogP contribution in [-0.2, 0) is 11.2 Å². The van der Waals surface area contributed by atoms with E-state index >= 15 is 0 Å². The molecule has 0 unspecified atom stereocenters. The summed E-state index contributed by atoms with van der Waals surface area (Å²) in [7, 11) is 0. The van der Waals surface area contributed by atoms with Crippen LogP contribution in [0.25, 0.3) is 0 Å². The van der Waals surface area contributed by atoms with Crippen molar-refractivity contribution in [2.45, 2.75) is 26.7 Å². The summed E-state index contributed by atoms with van der Waals surface area (Å²) in [4.78, 5) is 11.9. The maximum atomic E-state index is 11.9. The summed E-state index contributed by atoms with van der Waals surface area (Å²) in [5, 5.41) is 6.20. The lowest BCUT2D eigenvalue weighted by molar-refractivity contribution is -0.115. The van der Waals surface area contributed by atoms with Gasteiger partial charge in [0, 0.05) is 24.3 Å². The second-order valence-electron chi connectivity index (χ2n) is 5.09. The molecular formula is C18H22N2O. The van der Waals surface area contributed by atoms with Gasteiger partial charge in [0.15, 0.2) is 0 Å². The number of rotatable bonds is 6. The Hall–Kier alpha value is -2.29. The van der Waals surface area contributed by atoms with Crippen LogP contribution in [0.4, 0.5) is 11.4 Å². The van der Waals surface area contributed by atoms with Gasteiger partial charge < -0.3 is 10.6 Å². The Balaban J connectivity index is 1.77. The van der Waals surface area contributed by atoms with Crippen molar-refractivity contribution in [1.82, 2.24) is 0 Å². The molecule has 2 rings (SSSR count). The van der Waals surface area contributed by atoms with Crippen LogP contribution >= 0.6 is 0 Å². The van der Waals surface area contributed by atoms with Gasteiger partial charge in [0.2, 0.25) is 5.91 Å². The minimum absolute atomic E-state index is 0.0296. The molecule has 0 aliphatic heterocycles. The SMILES string of the molecule is CCc1ccc(NCCC(=O)Nc2ccccc2C)cc1. The number of anilines is 2. The third kappa shape index (κ3) is 4.63. The zero-order valence-corrected chi connectivity index (χ0v) is 12.6. The van der Waals surface area contributed by atoms with Gasteiger partial charge in [-0.25, -0.2) is 0 Å². The lowest BCUT2D eigenvalue weighted by atomic mass is 10.1. The van der Waals surface area contributed by atoms with E-state index in [1.165, 1.54) is 5.56 Å². The van der Waals surface area contributed by atoms with Crippen molar-refractivity contribution in [3.05, 3.63) is 59.7 Å². The van der Waals surface area contributed by atoms with Crippen molar-refractivity contribution in [3.63, 3.8) is 0 Å². The van der Waals surface area contributed by atoms with Gasteiger partial charge in [0.05, 0.1) is 0 Å². The highest BCUT2D eigenvalue weighted by Gasteiger charge is 2.03. The number of aryl methyl sites for hydroxylation is 2. The summed E-state index contributed by atoms with van der Waals surface area (Å²) in [5.74, 6) is 0.0296. The largest absolute Gasteiger partial charge is 0.385 e. The minimum atomic E-state index is 0.0296. The van der Waals surface area contributed by atoms with Gasteiger partial charge in [0.1, 0.15) is 0 Å². The van der Waals surface area contributed by atoms with E-state index in [0.717, 1.165) is 23.4 Å². The molecule has 0 saturated heterocycles. The Morgan fingerprint density at radius 1 is 1.05 bits per heavy atom. The zero-order chi connectivity index (χ0) is 15.1. The number of carbonyl (C=O) groups is 1. The van der Waals surface area contributed by atoms with Gasteiger partial charge in [-0.15, -0.1) is 0 Å². The fraction of sp³-hybridized carbons (Fsp3) is 0.278. The molecule has 0 spiro atoms. The van der Waals surface area contributed by atoms with Crippen molar-refractivity contribution in [2.75, 3.05) is 17.2 Å². The molecular weight excluding hydrogens is 260 g/mol. The summed E-state index contributed by atoms with van der Waals surface area (Å²) in [6.45, 7) is 4.75. The molecule has 110 valence electrons. The molecule has 1 amide bonds. The van der Waals surface area contributed by atoms with Crippen LogP contribution in [0, 0.1) is 6.92 Å². The van der Waals surface area contributed by atoms with E-state index < -0.39 is 0 Å². The minimum Gasteiger partial charge on any atom is -0.385 e. The summed E-state index contributed by atoms with van der Waals surface area (Å²) in [5.41, 5.74) is 4.33. The Morgan fingerprint density at radius 2 is 1.76 bits per heavy atom. The number of hydrogen-bond donors (Lipinski definition) is 2. The molecule has 0 saturated carbocycles. The topological polar surface area (TPSA) is 41.1 Å². The standard InChI is InChI=1S/C18H22N2O/c1-3-15-8-10-16(11-9-15)19-13-12-18(21)20-17-7-5-4-6-14(17)2/h4-11,19H,3,12-13H2,1-2H3,(H,20,21). The van der Waals surface area contributed by atoms with Crippen LogP contribution < -0.4 is 10.6 Å². The molecule has 0 aromatic heterocycles. The van der Waals surface area contributed by atoms with E-state index in [1.54, 1.807) is 0 Å². The number of amides is 1. The first-order chi connectivity index (χ1) is 10.2. The van der Waals surface area contributed by atoms with Crippen molar-refractivity contribution in [2.24, 2.45) is 0 Å². The first-order valence-electron chi connectivity index (χ1n) is 7.37. The van der Waals surface area contributed by atoms with Gasteiger partial charge in [-0.3, -0.25) is 4.79 Å². The van der Waals surface area contributed by atoms with Crippen LogP contribution in [0.5, 0.6) is 0 Å². The molecule has 2 N–H and O–H groups in total. The normalized spacial score (nSPS) is 10.2. The average molecular weight is 282 g/mol. The molecule has 0 bridgehead atoms. The van der Waals surface area contributed by atoms with Crippen LogP contribution in [0.1, 0.15) is 24.5 Å². The van der Waals surface area contributed by atoms with Gasteiger partial charge in [0.25, 0.3) is 0 Å². The van der Waals surface area contributed by atoms with Crippen LogP contribution in [0.2, 0.25) is 0 Å². The van der Waals surface area contributed by atoms with Crippen molar-refractivity contribution in [3.8, 4) is 0 Å². The van der Waals surface area contributed by atoms with Crippen molar-refractivity contribution >= 4 is 17.3 Å². The highest BCUT2D eigenvalue weighted by molar-refractivity contribution is 5.91. The van der Waals surface area contributed by atoms with Crippen LogP contribution in [-0.4, -0.2) is 12.5 Å². The molecule has 0 radical (unpaired) electrons. The van der Waals surface area contributed by atoms with E-state index in [0.29, 0.717) is 13.0 Å². The van der Waals surface area contributed by atoms with Crippen LogP contribution in [0.3, 0.4) is 0 Å². The molecule has 0 fully saturated rings. The smallest absolute Gasteiger partial charge is 0.226 e. The molecule has 2 aromatic carbocycles. The lowest BCUT2D eigenvalue weighted by Gasteiger charge is -2.09. The van der Waals surface area contributed by atoms with Gasteiger partial charge in [-0.05, 0) is 42.7 Å². The molecule has 21 heavy (non-hydrogen) atoms. The van der Waals surface area contributed by atoms with Gasteiger partial charge in [-0.1, -0.05) is 37.3 Å². The number of hydrogen-bond acceptors (Lipinski definition) is 2. The van der Waals surface area contributed by atoms with Gasteiger partial charge in [-0.2, -0.15) is 0 Å². The van der Waals surface area contributed by atoms with E-state index in [-0.39, 0.29) is 5.91 Å². The predicted molar refractivity (Wildman–Crippen MR) is 88.7 cm³/mol. The Bertz CT molecular complexity index is 590. The monoisotopic (exact) mass is 282 g/mol. The van der Waals surface area contributed by atoms with Crippen LogP contribution in [0.15, 0.2) is 48.5 Å². The highest BCUT2D eigenvalue weighted by Crippen LogP contribution is 2.13. The highest BCUT2D eigenvalue weighted by atomic mass is 16.1. The molecule has 0 atom stereocenters. The number of carbonyl (C=O) groups excluding carboxylic acids is 1. The van der Waals surface area contributed by atoms with E-state index in [9.17, 15) is 4.79 Å². The maximum absolute atomic E-state index is 11.9. The quantitative estimate of drug-likeness (QED) is 0.841. The Labute approximate surface area is 126 Å². The lowest BCUT2D eigenvalue weighted by Crippen LogP contribution is -2.16. The van der Waals surface area contributed by atoms with E-state index in [2.05, 4.69) is 41.8 Å². The molecule has 0 aliphatic carbocycles. The number of benzene rings is 2. The molecule has 3 heteroatoms. The second kappa shape index (κ2) is 7.48. The summed E-state index contributed by atoms with van der Waals surface area (Å²) in [6, 6.07) is 16.1. The summed E-state index contributed by atoms with van der Waals surface area (Å²) in [6.07, 6.45) is 1.49. The summed E-state index contributed by atoms with van der Waals surface area (Å²) < 4.78 is 0. The first kappa shape index (κ1) is 15.1. The molecule has 0 aliphatic rings. The molecule has 0 heterocycles. The average Bonchev–Trinajstić information content (AvgIpc) is 2.50. The number of para-hydroxylation sites is 1. The Morgan fingerprint density at radius 3 is 2.43 bits per heavy atom. The molecule has 3 nitrogen and oxygen atoms in total. The predicted octanol–water partition coefficient (Wildman–Crippen LogP) is 4.00. The zero-order valence-electron chi connectivity index (χ0n) is 12.6. The number of nitrogens with one attached hydrogen (secondary N) is 2. The first-order valence-corrected chi connectivity index (χ1v) is 7.37. The second-order valence-corrected chi connectivity index (χ2v) is 5.09.